The molecular weight excluding hydrogens is 592 g/mol. The smallest absolute Gasteiger partial charge is 0.270 e. The van der Waals surface area contributed by atoms with E-state index in [9.17, 15) is 31.8 Å². The number of rotatable bonds is 8. The lowest BCUT2D eigenvalue weighted by molar-refractivity contribution is -0.270. The third-order valence-corrected chi connectivity index (χ3v) is 9.84. The first-order chi connectivity index (χ1) is 20.2. The minimum absolute atomic E-state index is 0.0358. The Bertz CT molecular complexity index is 1930. The normalized spacial score (nSPS) is 12.1. The van der Waals surface area contributed by atoms with Crippen molar-refractivity contribution in [3.05, 3.63) is 78.1 Å². The van der Waals surface area contributed by atoms with Crippen LogP contribution in [0, 0.1) is 18.8 Å². The Morgan fingerprint density at radius 3 is 2.23 bits per heavy atom. The van der Waals surface area contributed by atoms with Crippen molar-refractivity contribution in [2.75, 3.05) is 19.7 Å². The lowest BCUT2D eigenvalue weighted by Crippen LogP contribution is -2.53. The van der Waals surface area contributed by atoms with Gasteiger partial charge >= 0.3 is 0 Å². The first kappa shape index (κ1) is 31.7. The van der Waals surface area contributed by atoms with Crippen LogP contribution in [0.15, 0.2) is 76.7 Å². The van der Waals surface area contributed by atoms with E-state index in [0.29, 0.717) is 16.5 Å². The van der Waals surface area contributed by atoms with Crippen LogP contribution in [0.2, 0.25) is 0 Å². The monoisotopic (exact) mass is 623 g/mol. The largest absolute Gasteiger partial charge is 0.530 e. The van der Waals surface area contributed by atoms with Crippen LogP contribution in [0.5, 0.6) is 0 Å². The summed E-state index contributed by atoms with van der Waals surface area (Å²) in [5.41, 5.74) is 1.53. The Balaban J connectivity index is 1.70. The molecule has 0 unspecified atom stereocenters. The number of hydrogen-bond donors (Lipinski definition) is 2. The topological polar surface area (TPSA) is 162 Å². The van der Waals surface area contributed by atoms with Gasteiger partial charge in [-0.15, -0.1) is 0 Å². The van der Waals surface area contributed by atoms with Gasteiger partial charge in [0.2, 0.25) is 10.0 Å². The molecule has 0 spiro atoms. The molecule has 43 heavy (non-hydrogen) atoms. The van der Waals surface area contributed by atoms with Crippen molar-refractivity contribution in [3.63, 3.8) is 0 Å². The Morgan fingerprint density at radius 2 is 1.65 bits per heavy atom. The summed E-state index contributed by atoms with van der Waals surface area (Å²) in [4.78, 5) is 16.8. The first-order valence-electron chi connectivity index (χ1n) is 13.2. The van der Waals surface area contributed by atoms with Gasteiger partial charge in [0.25, 0.3) is 10.0 Å². The average molecular weight is 624 g/mol. The number of nitrogens with zero attached hydrogens (tertiary/aromatic N) is 3. The lowest BCUT2D eigenvalue weighted by Gasteiger charge is -2.37. The number of aryl methyl sites for hydroxylation is 1. The number of carboxylic acid groups (broad SMARTS) is 1. The van der Waals surface area contributed by atoms with E-state index >= 15 is 0 Å². The van der Waals surface area contributed by atoms with Gasteiger partial charge in [-0.05, 0) is 81.1 Å². The maximum atomic E-state index is 13.7. The molecule has 13 heteroatoms. The molecule has 2 aromatic carbocycles. The number of aliphatic hydroxyl groups excluding tert-OH is 1. The van der Waals surface area contributed by atoms with E-state index in [0.717, 1.165) is 14.4 Å². The second-order valence-corrected chi connectivity index (χ2v) is 14.2. The number of sulfonamides is 1. The molecule has 4 rings (SSSR count). The number of hydrogen-bond acceptors (Lipinski definition) is 8. The van der Waals surface area contributed by atoms with E-state index in [-0.39, 0.29) is 34.2 Å². The third kappa shape index (κ3) is 6.73. The Morgan fingerprint density at radius 1 is 1.02 bits per heavy atom. The van der Waals surface area contributed by atoms with E-state index in [1.165, 1.54) is 30.5 Å². The zero-order valence-electron chi connectivity index (χ0n) is 24.0. The summed E-state index contributed by atoms with van der Waals surface area (Å²) in [6.07, 6.45) is 0.0535. The van der Waals surface area contributed by atoms with Gasteiger partial charge in [0, 0.05) is 30.2 Å². The molecular formula is C30H31N4O7S2-. The van der Waals surface area contributed by atoms with Gasteiger partial charge in [0.15, 0.2) is 5.65 Å². The minimum atomic E-state index is -4.12. The van der Waals surface area contributed by atoms with Crippen LogP contribution < -0.4 is 9.83 Å². The lowest BCUT2D eigenvalue weighted by atomic mass is 10.0. The van der Waals surface area contributed by atoms with Crippen LogP contribution in [0.1, 0.15) is 32.0 Å². The number of amides is 1. The Hall–Kier alpha value is -4.22. The molecule has 0 atom stereocenters. The molecule has 2 N–H and O–H groups in total. The van der Waals surface area contributed by atoms with Gasteiger partial charge in [0.05, 0.1) is 9.79 Å². The number of fused-ring (bicyclic) bond motifs is 1. The second-order valence-electron chi connectivity index (χ2n) is 10.7. The summed E-state index contributed by atoms with van der Waals surface area (Å²) < 4.78 is 56.7. The Labute approximate surface area is 250 Å². The molecule has 4 aromatic rings. The van der Waals surface area contributed by atoms with Crippen molar-refractivity contribution in [1.29, 1.82) is 0 Å². The highest BCUT2D eigenvalue weighted by molar-refractivity contribution is 7.90. The van der Waals surface area contributed by atoms with Gasteiger partial charge in [-0.1, -0.05) is 35.7 Å². The summed E-state index contributed by atoms with van der Waals surface area (Å²) in [5, 5.41) is 21.2. The second kappa shape index (κ2) is 12.2. The molecule has 2 heterocycles. The maximum absolute atomic E-state index is 13.7. The van der Waals surface area contributed by atoms with Gasteiger partial charge in [0.1, 0.15) is 18.4 Å². The van der Waals surface area contributed by atoms with E-state index < -0.39 is 38.3 Å². The van der Waals surface area contributed by atoms with Crippen LogP contribution in [0.3, 0.4) is 0 Å². The number of carbonyl (C=O) groups is 1. The average Bonchev–Trinajstić information content (AvgIpc) is 3.33. The Kier molecular flexibility index (Phi) is 8.98. The predicted octanol–water partition coefficient (Wildman–Crippen LogP) is 2.31. The van der Waals surface area contributed by atoms with E-state index in [1.807, 2.05) is 6.92 Å². The maximum Gasteiger partial charge on any atom is 0.270 e. The molecule has 0 radical (unpaired) electrons. The SMILES string of the molecule is Cc1ccc(S(=O)(=O)n2c(C#CCO)cc3c(-c4ccc(S(=O)(=O)NCCN(C(=O)[O-])C(C)(C)C)cc4)ccnc32)cc1. The van der Waals surface area contributed by atoms with Crippen molar-refractivity contribution in [3.8, 4) is 23.0 Å². The van der Waals surface area contributed by atoms with Gasteiger partial charge in [-0.25, -0.2) is 30.5 Å². The van der Waals surface area contributed by atoms with Gasteiger partial charge in [-0.2, -0.15) is 0 Å². The van der Waals surface area contributed by atoms with Crippen LogP contribution >= 0.6 is 0 Å². The molecule has 0 saturated carbocycles. The summed E-state index contributed by atoms with van der Waals surface area (Å²) >= 11 is 0. The summed E-state index contributed by atoms with van der Waals surface area (Å²) in [6.45, 7) is 6.17. The molecule has 0 fully saturated rings. The van der Waals surface area contributed by atoms with Gasteiger partial charge < -0.3 is 19.9 Å². The molecule has 0 aliphatic heterocycles. The minimum Gasteiger partial charge on any atom is -0.530 e. The van der Waals surface area contributed by atoms with Crippen LogP contribution in [-0.4, -0.2) is 67.1 Å². The van der Waals surface area contributed by atoms with E-state index in [2.05, 4.69) is 21.5 Å². The zero-order chi connectivity index (χ0) is 31.6. The summed E-state index contributed by atoms with van der Waals surface area (Å²) in [5.74, 6) is 5.20. The van der Waals surface area contributed by atoms with Crippen molar-refractivity contribution in [2.45, 2.75) is 43.0 Å². The third-order valence-electron chi connectivity index (χ3n) is 6.65. The summed E-state index contributed by atoms with van der Waals surface area (Å²) in [7, 11) is -8.08. The molecule has 0 bridgehead atoms. The number of carbonyl (C=O) groups excluding carboxylic acids is 1. The highest BCUT2D eigenvalue weighted by atomic mass is 32.2. The zero-order valence-corrected chi connectivity index (χ0v) is 25.7. The highest BCUT2D eigenvalue weighted by Crippen LogP contribution is 2.32. The molecule has 1 amide bonds. The molecule has 226 valence electrons. The van der Waals surface area contributed by atoms with Crippen molar-refractivity contribution in [2.24, 2.45) is 0 Å². The van der Waals surface area contributed by atoms with Crippen molar-refractivity contribution >= 4 is 37.2 Å². The first-order valence-corrected chi connectivity index (χ1v) is 16.1. The van der Waals surface area contributed by atoms with Crippen LogP contribution in [0.25, 0.3) is 22.2 Å². The van der Waals surface area contributed by atoms with Crippen molar-refractivity contribution in [1.82, 2.24) is 18.6 Å². The number of pyridine rings is 1. The fraction of sp³-hybridized carbons (Fsp3) is 0.267. The molecule has 0 aliphatic rings. The van der Waals surface area contributed by atoms with E-state index in [4.69, 9.17) is 0 Å². The van der Waals surface area contributed by atoms with E-state index in [1.54, 1.807) is 57.2 Å². The molecule has 11 nitrogen and oxygen atoms in total. The standard InChI is InChI=1S/C30H32N4O7S2/c1-21-7-11-25(12-8-21)43(40,41)34-23(6-5-19-35)20-27-26(15-16-31-28(27)34)22-9-13-24(14-10-22)42(38,39)32-17-18-33(29(36)37)30(2,3)4/h7-16,20,32,35H,17-19H2,1-4H3,(H,36,37)/p-1. The summed E-state index contributed by atoms with van der Waals surface area (Å²) in [6, 6.07) is 15.6. The van der Waals surface area contributed by atoms with Gasteiger partial charge in [-0.3, -0.25) is 0 Å². The quantitative estimate of drug-likeness (QED) is 0.283. The molecule has 2 aromatic heterocycles. The van der Waals surface area contributed by atoms with Crippen LogP contribution in [-0.2, 0) is 20.0 Å². The number of nitrogens with one attached hydrogen (secondary N) is 1. The molecule has 0 saturated heterocycles. The number of aliphatic hydroxyl groups is 1. The van der Waals surface area contributed by atoms with Crippen LogP contribution in [0.4, 0.5) is 4.79 Å². The number of benzene rings is 2. The number of aromatic nitrogens is 2. The van der Waals surface area contributed by atoms with Crippen molar-refractivity contribution < 1.29 is 31.8 Å². The fourth-order valence-corrected chi connectivity index (χ4v) is 6.94. The highest BCUT2D eigenvalue weighted by Gasteiger charge is 2.25. The molecule has 0 aliphatic carbocycles. The fourth-order valence-electron chi connectivity index (χ4n) is 4.49. The predicted molar refractivity (Wildman–Crippen MR) is 160 cm³/mol.